The standard InChI is InChI=1S/C16H15ClN4O2S2/c17-14-13(19-20-25-14)9-24-16-18-12-6-2-1-5-11(12)15(22)21(16)8-10-4-3-7-23-10/h1-2,5-6,10H,3-4,7-9H2. The van der Waals surface area contributed by atoms with Gasteiger partial charge < -0.3 is 4.74 Å². The van der Waals surface area contributed by atoms with Gasteiger partial charge in [-0.15, -0.1) is 5.10 Å². The Morgan fingerprint density at radius 2 is 2.28 bits per heavy atom. The number of rotatable bonds is 5. The minimum atomic E-state index is -0.0360. The highest BCUT2D eigenvalue weighted by molar-refractivity contribution is 7.98. The predicted molar refractivity (Wildman–Crippen MR) is 99.5 cm³/mol. The normalized spacial score (nSPS) is 17.4. The molecule has 0 spiro atoms. The first-order valence-corrected chi connectivity index (χ1v) is 10.1. The summed E-state index contributed by atoms with van der Waals surface area (Å²) in [5.41, 5.74) is 1.37. The lowest BCUT2D eigenvalue weighted by Gasteiger charge is -2.16. The van der Waals surface area contributed by atoms with Gasteiger partial charge in [-0.1, -0.05) is 40.0 Å². The molecule has 0 saturated carbocycles. The maximum absolute atomic E-state index is 13.0. The van der Waals surface area contributed by atoms with E-state index in [-0.39, 0.29) is 11.7 Å². The molecule has 1 aliphatic heterocycles. The SMILES string of the molecule is O=c1c2ccccc2nc(SCc2nnsc2Cl)n1CC1CCCO1. The van der Waals surface area contributed by atoms with Gasteiger partial charge in [0.25, 0.3) is 5.56 Å². The summed E-state index contributed by atoms with van der Waals surface area (Å²) in [6.45, 7) is 1.27. The van der Waals surface area contributed by atoms with Crippen molar-refractivity contribution < 1.29 is 4.74 Å². The molecule has 25 heavy (non-hydrogen) atoms. The summed E-state index contributed by atoms with van der Waals surface area (Å²) in [6, 6.07) is 7.41. The molecule has 1 fully saturated rings. The Kier molecular flexibility index (Phi) is 5.03. The van der Waals surface area contributed by atoms with E-state index in [1.807, 2.05) is 24.3 Å². The van der Waals surface area contributed by atoms with E-state index in [0.717, 1.165) is 31.0 Å². The van der Waals surface area contributed by atoms with Gasteiger partial charge in [-0.05, 0) is 25.0 Å². The molecule has 1 unspecified atom stereocenters. The molecule has 0 aliphatic carbocycles. The second-order valence-corrected chi connectivity index (χ2v) is 8.04. The van der Waals surface area contributed by atoms with E-state index in [1.54, 1.807) is 4.57 Å². The van der Waals surface area contributed by atoms with Crippen molar-refractivity contribution in [1.82, 2.24) is 19.1 Å². The van der Waals surface area contributed by atoms with Crippen LogP contribution in [0.1, 0.15) is 18.5 Å². The Balaban J connectivity index is 1.71. The van der Waals surface area contributed by atoms with Crippen molar-refractivity contribution in [2.75, 3.05) is 6.61 Å². The van der Waals surface area contributed by atoms with Crippen molar-refractivity contribution in [2.24, 2.45) is 0 Å². The molecule has 1 atom stereocenters. The van der Waals surface area contributed by atoms with Crippen molar-refractivity contribution in [3.63, 3.8) is 0 Å². The summed E-state index contributed by atoms with van der Waals surface area (Å²) in [6.07, 6.45) is 2.05. The number of nitrogens with zero attached hydrogens (tertiary/aromatic N) is 4. The summed E-state index contributed by atoms with van der Waals surface area (Å²) in [7, 11) is 0. The third kappa shape index (κ3) is 3.57. The number of hydrogen-bond donors (Lipinski definition) is 0. The summed E-state index contributed by atoms with van der Waals surface area (Å²) >= 11 is 8.69. The third-order valence-electron chi connectivity index (χ3n) is 4.08. The number of para-hydroxylation sites is 1. The van der Waals surface area contributed by atoms with Crippen molar-refractivity contribution >= 4 is 45.8 Å². The van der Waals surface area contributed by atoms with E-state index in [4.69, 9.17) is 16.3 Å². The number of halogens is 1. The van der Waals surface area contributed by atoms with Crippen LogP contribution in [0.4, 0.5) is 0 Å². The summed E-state index contributed by atoms with van der Waals surface area (Å²) in [4.78, 5) is 17.7. The third-order valence-corrected chi connectivity index (χ3v) is 6.06. The molecule has 6 nitrogen and oxygen atoms in total. The van der Waals surface area contributed by atoms with Crippen molar-refractivity contribution in [1.29, 1.82) is 0 Å². The second kappa shape index (κ2) is 7.41. The van der Waals surface area contributed by atoms with E-state index < -0.39 is 0 Å². The maximum Gasteiger partial charge on any atom is 0.262 e. The van der Waals surface area contributed by atoms with Crippen LogP contribution >= 0.6 is 34.9 Å². The molecule has 0 amide bonds. The molecule has 3 aromatic rings. The Morgan fingerprint density at radius 3 is 3.04 bits per heavy atom. The molecule has 4 rings (SSSR count). The lowest BCUT2D eigenvalue weighted by molar-refractivity contribution is 0.0937. The minimum absolute atomic E-state index is 0.0360. The highest BCUT2D eigenvalue weighted by Crippen LogP contribution is 2.27. The Hall–Kier alpha value is -1.48. The summed E-state index contributed by atoms with van der Waals surface area (Å²) in [5, 5.41) is 5.30. The highest BCUT2D eigenvalue weighted by Gasteiger charge is 2.20. The Morgan fingerprint density at radius 1 is 1.40 bits per heavy atom. The average Bonchev–Trinajstić information content (AvgIpc) is 3.28. The zero-order chi connectivity index (χ0) is 17.2. The molecule has 1 aliphatic rings. The number of hydrogen-bond acceptors (Lipinski definition) is 7. The molecule has 0 bridgehead atoms. The van der Waals surface area contributed by atoms with Gasteiger partial charge in [-0.3, -0.25) is 9.36 Å². The lowest BCUT2D eigenvalue weighted by Crippen LogP contribution is -2.28. The van der Waals surface area contributed by atoms with Crippen LogP contribution < -0.4 is 5.56 Å². The van der Waals surface area contributed by atoms with Gasteiger partial charge in [0.1, 0.15) is 10.0 Å². The fourth-order valence-electron chi connectivity index (χ4n) is 2.83. The zero-order valence-electron chi connectivity index (χ0n) is 13.2. The topological polar surface area (TPSA) is 69.9 Å². The van der Waals surface area contributed by atoms with E-state index in [2.05, 4.69) is 14.6 Å². The van der Waals surface area contributed by atoms with E-state index in [9.17, 15) is 4.79 Å². The molecule has 9 heteroatoms. The largest absolute Gasteiger partial charge is 0.376 e. The van der Waals surface area contributed by atoms with Gasteiger partial charge in [0.15, 0.2) is 5.16 Å². The molecule has 3 heterocycles. The molecule has 1 aromatic carbocycles. The van der Waals surface area contributed by atoms with Crippen LogP contribution in [0.2, 0.25) is 4.34 Å². The fraction of sp³-hybridized carbons (Fsp3) is 0.375. The molecule has 0 radical (unpaired) electrons. The lowest BCUT2D eigenvalue weighted by atomic mass is 10.2. The first-order chi connectivity index (χ1) is 12.2. The molecule has 130 valence electrons. The van der Waals surface area contributed by atoms with Crippen LogP contribution in [0.15, 0.2) is 34.2 Å². The average molecular weight is 395 g/mol. The number of aromatic nitrogens is 4. The van der Waals surface area contributed by atoms with Gasteiger partial charge in [-0.2, -0.15) is 0 Å². The van der Waals surface area contributed by atoms with Gasteiger partial charge in [0.05, 0.1) is 23.6 Å². The van der Waals surface area contributed by atoms with Gasteiger partial charge in [0.2, 0.25) is 0 Å². The van der Waals surface area contributed by atoms with Crippen LogP contribution in [0.25, 0.3) is 10.9 Å². The molecule has 2 aromatic heterocycles. The van der Waals surface area contributed by atoms with E-state index in [1.165, 1.54) is 11.8 Å². The van der Waals surface area contributed by atoms with Crippen LogP contribution in [0.3, 0.4) is 0 Å². The van der Waals surface area contributed by atoms with Crippen molar-refractivity contribution in [2.45, 2.75) is 36.4 Å². The summed E-state index contributed by atoms with van der Waals surface area (Å²) in [5.74, 6) is 0.519. The van der Waals surface area contributed by atoms with E-state index in [0.29, 0.717) is 38.4 Å². The van der Waals surface area contributed by atoms with Crippen molar-refractivity contribution in [3.8, 4) is 0 Å². The number of ether oxygens (including phenoxy) is 1. The highest BCUT2D eigenvalue weighted by atomic mass is 35.5. The molecule has 0 N–H and O–H groups in total. The van der Waals surface area contributed by atoms with Crippen LogP contribution in [0.5, 0.6) is 0 Å². The summed E-state index contributed by atoms with van der Waals surface area (Å²) < 4.78 is 11.8. The number of thioether (sulfide) groups is 1. The second-order valence-electron chi connectivity index (χ2n) is 5.74. The fourth-order valence-corrected chi connectivity index (χ4v) is 4.57. The zero-order valence-corrected chi connectivity index (χ0v) is 15.6. The number of fused-ring (bicyclic) bond motifs is 1. The molecule has 1 saturated heterocycles. The van der Waals surface area contributed by atoms with Gasteiger partial charge in [-0.25, -0.2) is 4.98 Å². The first-order valence-electron chi connectivity index (χ1n) is 7.93. The predicted octanol–water partition coefficient (Wildman–Crippen LogP) is 3.37. The quantitative estimate of drug-likeness (QED) is 0.488. The van der Waals surface area contributed by atoms with Gasteiger partial charge >= 0.3 is 0 Å². The van der Waals surface area contributed by atoms with Crippen molar-refractivity contribution in [3.05, 3.63) is 44.6 Å². The minimum Gasteiger partial charge on any atom is -0.376 e. The maximum atomic E-state index is 13.0. The van der Waals surface area contributed by atoms with Crippen LogP contribution in [-0.4, -0.2) is 31.8 Å². The van der Waals surface area contributed by atoms with Gasteiger partial charge in [0, 0.05) is 23.9 Å². The molecular weight excluding hydrogens is 380 g/mol. The Labute approximate surface area is 157 Å². The monoisotopic (exact) mass is 394 g/mol. The van der Waals surface area contributed by atoms with Crippen LogP contribution in [-0.2, 0) is 17.0 Å². The number of benzene rings is 1. The van der Waals surface area contributed by atoms with E-state index >= 15 is 0 Å². The first kappa shape index (κ1) is 17.0. The molecular formula is C16H15ClN4O2S2. The smallest absolute Gasteiger partial charge is 0.262 e. The Bertz CT molecular complexity index is 953. The van der Waals surface area contributed by atoms with Crippen LogP contribution in [0, 0.1) is 0 Å².